The number of aromatic amines is 1. The third kappa shape index (κ3) is 2.24. The van der Waals surface area contributed by atoms with Crippen LogP contribution in [0.5, 0.6) is 0 Å². The molecule has 1 saturated carbocycles. The lowest BCUT2D eigenvalue weighted by Gasteiger charge is -2.11. The lowest BCUT2D eigenvalue weighted by molar-refractivity contribution is -0.122. The lowest BCUT2D eigenvalue weighted by Crippen LogP contribution is -2.42. The molecule has 1 aromatic heterocycles. The minimum atomic E-state index is -0.468. The van der Waals surface area contributed by atoms with E-state index >= 15 is 0 Å². The highest BCUT2D eigenvalue weighted by molar-refractivity contribution is 5.86. The monoisotopic (exact) mass is 243 g/mol. The second-order valence-electron chi connectivity index (χ2n) is 4.95. The van der Waals surface area contributed by atoms with E-state index in [2.05, 4.69) is 10.3 Å². The number of nitrogens with two attached hydrogens (primary N) is 1. The number of fused-ring (bicyclic) bond motifs is 1. The Morgan fingerprint density at radius 3 is 3.00 bits per heavy atom. The SMILES string of the molecule is NC(Cc1c[nH]c2ccccc12)C(=O)NC1CC1. The van der Waals surface area contributed by atoms with Crippen LogP contribution >= 0.6 is 0 Å². The molecule has 1 unspecified atom stereocenters. The third-order valence-electron chi connectivity index (χ3n) is 3.38. The molecule has 0 aliphatic heterocycles. The van der Waals surface area contributed by atoms with Crippen molar-refractivity contribution in [3.63, 3.8) is 0 Å². The van der Waals surface area contributed by atoms with Gasteiger partial charge in [0.25, 0.3) is 0 Å². The second kappa shape index (κ2) is 4.46. The summed E-state index contributed by atoms with van der Waals surface area (Å²) in [5.74, 6) is -0.0391. The topological polar surface area (TPSA) is 70.9 Å². The Balaban J connectivity index is 1.72. The molecular formula is C14H17N3O. The Morgan fingerprint density at radius 1 is 1.44 bits per heavy atom. The number of nitrogens with one attached hydrogen (secondary N) is 2. The lowest BCUT2D eigenvalue weighted by atomic mass is 10.1. The number of aromatic nitrogens is 1. The van der Waals surface area contributed by atoms with Gasteiger partial charge in [0.15, 0.2) is 0 Å². The van der Waals surface area contributed by atoms with Gasteiger partial charge in [-0.15, -0.1) is 0 Å². The van der Waals surface area contributed by atoms with Crippen LogP contribution in [0, 0.1) is 0 Å². The second-order valence-corrected chi connectivity index (χ2v) is 4.95. The van der Waals surface area contributed by atoms with Crippen molar-refractivity contribution in [1.82, 2.24) is 10.3 Å². The first kappa shape index (κ1) is 11.3. The van der Waals surface area contributed by atoms with Gasteiger partial charge >= 0.3 is 0 Å². The van der Waals surface area contributed by atoms with Crippen LogP contribution < -0.4 is 11.1 Å². The van der Waals surface area contributed by atoms with E-state index in [1.165, 1.54) is 0 Å². The van der Waals surface area contributed by atoms with Crippen LogP contribution in [-0.4, -0.2) is 23.0 Å². The van der Waals surface area contributed by atoms with Gasteiger partial charge in [-0.05, 0) is 30.9 Å². The average molecular weight is 243 g/mol. The molecule has 1 amide bonds. The maximum absolute atomic E-state index is 11.8. The smallest absolute Gasteiger partial charge is 0.237 e. The van der Waals surface area contributed by atoms with Crippen molar-refractivity contribution in [2.45, 2.75) is 31.3 Å². The molecule has 0 spiro atoms. The minimum absolute atomic E-state index is 0.0391. The Morgan fingerprint density at radius 2 is 2.22 bits per heavy atom. The first-order valence-corrected chi connectivity index (χ1v) is 6.35. The van der Waals surface area contributed by atoms with Gasteiger partial charge in [0.05, 0.1) is 6.04 Å². The first-order chi connectivity index (χ1) is 8.74. The summed E-state index contributed by atoms with van der Waals surface area (Å²) in [5, 5.41) is 4.09. The largest absolute Gasteiger partial charge is 0.361 e. The number of carbonyl (C=O) groups is 1. The first-order valence-electron chi connectivity index (χ1n) is 6.35. The van der Waals surface area contributed by atoms with E-state index in [0.29, 0.717) is 12.5 Å². The highest BCUT2D eigenvalue weighted by atomic mass is 16.2. The normalized spacial score (nSPS) is 16.7. The molecule has 1 fully saturated rings. The van der Waals surface area contributed by atoms with Crippen LogP contribution in [0.3, 0.4) is 0 Å². The van der Waals surface area contributed by atoms with Crippen LogP contribution in [0.1, 0.15) is 18.4 Å². The number of benzene rings is 1. The summed E-state index contributed by atoms with van der Waals surface area (Å²) >= 11 is 0. The molecule has 0 radical (unpaired) electrons. The van der Waals surface area contributed by atoms with Gasteiger partial charge in [0, 0.05) is 23.1 Å². The Hall–Kier alpha value is -1.81. The van der Waals surface area contributed by atoms with Crippen molar-refractivity contribution in [3.05, 3.63) is 36.0 Å². The maximum atomic E-state index is 11.8. The summed E-state index contributed by atoms with van der Waals surface area (Å²) in [6.07, 6.45) is 4.69. The fourth-order valence-corrected chi connectivity index (χ4v) is 2.17. The van der Waals surface area contributed by atoms with Crippen LogP contribution in [-0.2, 0) is 11.2 Å². The molecule has 4 heteroatoms. The summed E-state index contributed by atoms with van der Waals surface area (Å²) in [7, 11) is 0. The number of H-pyrrole nitrogens is 1. The molecule has 1 aliphatic carbocycles. The molecule has 18 heavy (non-hydrogen) atoms. The van der Waals surface area contributed by atoms with Gasteiger partial charge < -0.3 is 16.0 Å². The molecule has 3 rings (SSSR count). The summed E-state index contributed by atoms with van der Waals surface area (Å²) < 4.78 is 0. The molecule has 2 aromatic rings. The molecule has 4 nitrogen and oxygen atoms in total. The molecule has 4 N–H and O–H groups in total. The van der Waals surface area contributed by atoms with Crippen molar-refractivity contribution in [2.24, 2.45) is 5.73 Å². The highest BCUT2D eigenvalue weighted by Gasteiger charge is 2.26. The zero-order chi connectivity index (χ0) is 12.5. The number of rotatable bonds is 4. The van der Waals surface area contributed by atoms with Crippen molar-refractivity contribution >= 4 is 16.8 Å². The Labute approximate surface area is 106 Å². The molecule has 1 aromatic carbocycles. The maximum Gasteiger partial charge on any atom is 0.237 e. The standard InChI is InChI=1S/C14H17N3O/c15-12(14(18)17-10-5-6-10)7-9-8-16-13-4-2-1-3-11(9)13/h1-4,8,10,12,16H,5-7,15H2,(H,17,18). The number of hydrogen-bond acceptors (Lipinski definition) is 2. The summed E-state index contributed by atoms with van der Waals surface area (Å²) in [5.41, 5.74) is 8.14. The van der Waals surface area contributed by atoms with Gasteiger partial charge in [0.1, 0.15) is 0 Å². The van der Waals surface area contributed by atoms with Crippen LogP contribution in [0.15, 0.2) is 30.5 Å². The summed E-state index contributed by atoms with van der Waals surface area (Å²) in [6, 6.07) is 7.95. The number of carbonyl (C=O) groups excluding carboxylic acids is 1. The Bertz CT molecular complexity index is 571. The summed E-state index contributed by atoms with van der Waals surface area (Å²) in [4.78, 5) is 15.0. The van der Waals surface area contributed by atoms with Crippen molar-refractivity contribution in [3.8, 4) is 0 Å². The van der Waals surface area contributed by atoms with E-state index in [1.807, 2.05) is 30.5 Å². The molecule has 1 aliphatic rings. The fraction of sp³-hybridized carbons (Fsp3) is 0.357. The predicted octanol–water partition coefficient (Wildman–Crippen LogP) is 1.32. The van der Waals surface area contributed by atoms with Crippen LogP contribution in [0.25, 0.3) is 10.9 Å². The molecule has 0 bridgehead atoms. The van der Waals surface area contributed by atoms with Gasteiger partial charge in [-0.3, -0.25) is 4.79 Å². The van der Waals surface area contributed by atoms with E-state index in [4.69, 9.17) is 5.73 Å². The zero-order valence-electron chi connectivity index (χ0n) is 10.1. The highest BCUT2D eigenvalue weighted by Crippen LogP contribution is 2.20. The van der Waals surface area contributed by atoms with E-state index in [0.717, 1.165) is 29.3 Å². The number of para-hydroxylation sites is 1. The van der Waals surface area contributed by atoms with E-state index < -0.39 is 6.04 Å². The van der Waals surface area contributed by atoms with E-state index in [-0.39, 0.29) is 5.91 Å². The van der Waals surface area contributed by atoms with E-state index in [1.54, 1.807) is 0 Å². The van der Waals surface area contributed by atoms with Gasteiger partial charge in [0.2, 0.25) is 5.91 Å². The van der Waals surface area contributed by atoms with Gasteiger partial charge in [-0.25, -0.2) is 0 Å². The molecular weight excluding hydrogens is 226 g/mol. The fourth-order valence-electron chi connectivity index (χ4n) is 2.17. The number of amides is 1. The van der Waals surface area contributed by atoms with Crippen molar-refractivity contribution in [1.29, 1.82) is 0 Å². The average Bonchev–Trinajstić information content (AvgIpc) is 3.10. The van der Waals surface area contributed by atoms with Crippen LogP contribution in [0.2, 0.25) is 0 Å². The summed E-state index contributed by atoms with van der Waals surface area (Å²) in [6.45, 7) is 0. The van der Waals surface area contributed by atoms with Gasteiger partial charge in [-0.1, -0.05) is 18.2 Å². The molecule has 1 heterocycles. The molecule has 0 saturated heterocycles. The third-order valence-corrected chi connectivity index (χ3v) is 3.38. The van der Waals surface area contributed by atoms with Crippen molar-refractivity contribution < 1.29 is 4.79 Å². The predicted molar refractivity (Wildman–Crippen MR) is 71.1 cm³/mol. The quantitative estimate of drug-likeness (QED) is 0.757. The minimum Gasteiger partial charge on any atom is -0.361 e. The zero-order valence-corrected chi connectivity index (χ0v) is 10.1. The van der Waals surface area contributed by atoms with Crippen molar-refractivity contribution in [2.75, 3.05) is 0 Å². The molecule has 94 valence electrons. The number of hydrogen-bond donors (Lipinski definition) is 3. The van der Waals surface area contributed by atoms with Crippen LogP contribution in [0.4, 0.5) is 0 Å². The Kier molecular flexibility index (Phi) is 2.80. The molecule has 1 atom stereocenters. The van der Waals surface area contributed by atoms with Gasteiger partial charge in [-0.2, -0.15) is 0 Å². The van der Waals surface area contributed by atoms with E-state index in [9.17, 15) is 4.79 Å².